The van der Waals surface area contributed by atoms with Gasteiger partial charge in [-0.05, 0) is 60.2 Å². The van der Waals surface area contributed by atoms with Gasteiger partial charge in [0.05, 0.1) is 0 Å². The molecule has 1 saturated heterocycles. The van der Waals surface area contributed by atoms with Crippen LogP contribution in [0.25, 0.3) is 0 Å². The number of hydrogen-bond acceptors (Lipinski definition) is 5. The summed E-state index contributed by atoms with van der Waals surface area (Å²) in [4.78, 5) is 40.3. The summed E-state index contributed by atoms with van der Waals surface area (Å²) in [7, 11) is 0. The number of hydrogen-bond donors (Lipinski definition) is 2. The molecule has 2 aromatic heterocycles. The quantitative estimate of drug-likeness (QED) is 0.775. The van der Waals surface area contributed by atoms with Crippen molar-refractivity contribution in [2.75, 3.05) is 13.1 Å². The summed E-state index contributed by atoms with van der Waals surface area (Å²) in [5.41, 5.74) is 0.346. The largest absolute Gasteiger partial charge is 0.333 e. The fraction of sp³-hybridized carbons (Fsp3) is 0.500. The smallest absolute Gasteiger partial charge is 0.328 e. The highest BCUT2D eigenvalue weighted by molar-refractivity contribution is 7.07. The van der Waals surface area contributed by atoms with Crippen LogP contribution in [0, 0.1) is 5.41 Å². The van der Waals surface area contributed by atoms with Gasteiger partial charge in [-0.3, -0.25) is 19.1 Å². The zero-order valence-corrected chi connectivity index (χ0v) is 16.5. The van der Waals surface area contributed by atoms with Crippen LogP contribution in [0.3, 0.4) is 0 Å². The summed E-state index contributed by atoms with van der Waals surface area (Å²) in [6.07, 6.45) is 4.59. The number of carbonyl (C=O) groups excluding carboxylic acids is 1. The molecule has 1 spiro atoms. The zero-order valence-electron chi connectivity index (χ0n) is 14.8. The van der Waals surface area contributed by atoms with Crippen molar-refractivity contribution in [2.24, 2.45) is 5.41 Å². The average molecular weight is 411 g/mol. The molecule has 1 unspecified atom stereocenters. The molecule has 2 aliphatic rings. The first-order valence-electron chi connectivity index (χ1n) is 8.88. The molecule has 27 heavy (non-hydrogen) atoms. The second-order valence-electron chi connectivity index (χ2n) is 7.22. The molecule has 146 valence electrons. The second-order valence-corrected chi connectivity index (χ2v) is 8.00. The SMILES string of the molecule is Cl.O=C(Cn1ccc(=O)[nH]c1=O)N(Cc1ccsc1)C1CC12CCNCC2. The Morgan fingerprint density at radius 3 is 2.74 bits per heavy atom. The first-order valence-corrected chi connectivity index (χ1v) is 9.83. The summed E-state index contributed by atoms with van der Waals surface area (Å²) < 4.78 is 1.27. The number of halogens is 1. The Hall–Kier alpha value is -1.90. The lowest BCUT2D eigenvalue weighted by molar-refractivity contribution is -0.133. The van der Waals surface area contributed by atoms with Crippen molar-refractivity contribution in [3.8, 4) is 0 Å². The van der Waals surface area contributed by atoms with Crippen LogP contribution in [0.5, 0.6) is 0 Å². The van der Waals surface area contributed by atoms with Gasteiger partial charge in [0.15, 0.2) is 0 Å². The van der Waals surface area contributed by atoms with E-state index in [1.165, 1.54) is 16.8 Å². The number of rotatable bonds is 5. The van der Waals surface area contributed by atoms with E-state index in [9.17, 15) is 14.4 Å². The predicted molar refractivity (Wildman–Crippen MR) is 106 cm³/mol. The number of thiophene rings is 1. The van der Waals surface area contributed by atoms with Crippen molar-refractivity contribution in [1.29, 1.82) is 0 Å². The van der Waals surface area contributed by atoms with Gasteiger partial charge in [0.2, 0.25) is 5.91 Å². The zero-order chi connectivity index (χ0) is 18.1. The summed E-state index contributed by atoms with van der Waals surface area (Å²) >= 11 is 1.62. The van der Waals surface area contributed by atoms with Gasteiger partial charge in [0, 0.05) is 24.8 Å². The first kappa shape index (κ1) is 19.9. The topological polar surface area (TPSA) is 87.2 Å². The van der Waals surface area contributed by atoms with Crippen molar-refractivity contribution >= 4 is 29.7 Å². The molecule has 7 nitrogen and oxygen atoms in total. The highest BCUT2D eigenvalue weighted by Crippen LogP contribution is 2.56. The summed E-state index contributed by atoms with van der Waals surface area (Å²) in [6, 6.07) is 3.54. The third kappa shape index (κ3) is 4.17. The number of nitrogens with one attached hydrogen (secondary N) is 2. The Morgan fingerprint density at radius 1 is 1.30 bits per heavy atom. The minimum absolute atomic E-state index is 0. The Labute approximate surface area is 166 Å². The standard InChI is InChI=1S/C18H22N4O3S.ClH/c23-15-1-7-21(17(25)20-15)11-16(24)22(10-13-2-8-26-12-13)14-9-18(14)3-5-19-6-4-18;/h1-2,7-8,12,14,19H,3-6,9-11H2,(H,20,23,25);1H. The fourth-order valence-electron chi connectivity index (χ4n) is 3.99. The van der Waals surface area contributed by atoms with Gasteiger partial charge in [-0.25, -0.2) is 4.79 Å². The van der Waals surface area contributed by atoms with E-state index in [1.54, 1.807) is 11.3 Å². The minimum Gasteiger partial charge on any atom is -0.333 e. The van der Waals surface area contributed by atoms with E-state index in [0.717, 1.165) is 37.9 Å². The molecule has 2 fully saturated rings. The van der Waals surface area contributed by atoms with Crippen LogP contribution in [0.4, 0.5) is 0 Å². The monoisotopic (exact) mass is 410 g/mol. The lowest BCUT2D eigenvalue weighted by atomic mass is 9.93. The molecule has 1 amide bonds. The van der Waals surface area contributed by atoms with Crippen LogP contribution in [0.2, 0.25) is 0 Å². The van der Waals surface area contributed by atoms with Crippen LogP contribution in [-0.4, -0.2) is 39.5 Å². The van der Waals surface area contributed by atoms with Gasteiger partial charge in [-0.1, -0.05) is 0 Å². The Bertz CT molecular complexity index is 902. The summed E-state index contributed by atoms with van der Waals surface area (Å²) in [6.45, 7) is 2.51. The predicted octanol–water partition coefficient (Wildman–Crippen LogP) is 1.19. The highest BCUT2D eigenvalue weighted by atomic mass is 35.5. The van der Waals surface area contributed by atoms with Crippen LogP contribution < -0.4 is 16.6 Å². The Kier molecular flexibility index (Phi) is 5.88. The average Bonchev–Trinajstić information content (AvgIpc) is 3.05. The van der Waals surface area contributed by atoms with Gasteiger partial charge in [-0.2, -0.15) is 11.3 Å². The lowest BCUT2D eigenvalue weighted by Gasteiger charge is -2.29. The van der Waals surface area contributed by atoms with Crippen molar-refractivity contribution in [3.63, 3.8) is 0 Å². The number of H-pyrrole nitrogens is 1. The second kappa shape index (κ2) is 8.00. The van der Waals surface area contributed by atoms with Crippen molar-refractivity contribution < 1.29 is 4.79 Å². The van der Waals surface area contributed by atoms with Crippen molar-refractivity contribution in [3.05, 3.63) is 55.5 Å². The Balaban J connectivity index is 0.00000210. The molecule has 0 radical (unpaired) electrons. The van der Waals surface area contributed by atoms with E-state index >= 15 is 0 Å². The molecule has 0 bridgehead atoms. The number of carbonyl (C=O) groups is 1. The lowest BCUT2D eigenvalue weighted by Crippen LogP contribution is -2.42. The van der Waals surface area contributed by atoms with Crippen LogP contribution in [-0.2, 0) is 17.9 Å². The molecule has 1 saturated carbocycles. The first-order chi connectivity index (χ1) is 12.6. The third-order valence-electron chi connectivity index (χ3n) is 5.58. The number of aromatic nitrogens is 2. The molecule has 1 aliphatic carbocycles. The molecule has 9 heteroatoms. The van der Waals surface area contributed by atoms with E-state index < -0.39 is 11.2 Å². The van der Waals surface area contributed by atoms with Crippen molar-refractivity contribution in [1.82, 2.24) is 19.8 Å². The maximum Gasteiger partial charge on any atom is 0.328 e. The van der Waals surface area contributed by atoms with Gasteiger partial charge in [0.25, 0.3) is 5.56 Å². The van der Waals surface area contributed by atoms with Crippen LogP contribution >= 0.6 is 23.7 Å². The minimum atomic E-state index is -0.547. The van der Waals surface area contributed by atoms with Gasteiger partial charge in [-0.15, -0.1) is 12.4 Å². The molecule has 2 N–H and O–H groups in total. The number of aromatic amines is 1. The summed E-state index contributed by atoms with van der Waals surface area (Å²) in [5, 5.41) is 7.46. The van der Waals surface area contributed by atoms with E-state index in [-0.39, 0.29) is 36.3 Å². The number of piperidine rings is 1. The molecule has 4 rings (SSSR count). The van der Waals surface area contributed by atoms with E-state index in [2.05, 4.69) is 15.7 Å². The molecule has 0 aromatic carbocycles. The maximum atomic E-state index is 13.0. The van der Waals surface area contributed by atoms with Crippen LogP contribution in [0.15, 0.2) is 38.7 Å². The maximum absolute atomic E-state index is 13.0. The summed E-state index contributed by atoms with van der Waals surface area (Å²) in [5.74, 6) is -0.0780. The van der Waals surface area contributed by atoms with E-state index in [4.69, 9.17) is 0 Å². The molecule has 1 aliphatic heterocycles. The van der Waals surface area contributed by atoms with E-state index in [0.29, 0.717) is 6.54 Å². The highest BCUT2D eigenvalue weighted by Gasteiger charge is 2.57. The van der Waals surface area contributed by atoms with Gasteiger partial charge < -0.3 is 10.2 Å². The third-order valence-corrected chi connectivity index (χ3v) is 6.31. The number of amides is 1. The molecular formula is C18H23ClN4O3S. The van der Waals surface area contributed by atoms with Crippen LogP contribution in [0.1, 0.15) is 24.8 Å². The Morgan fingerprint density at radius 2 is 2.07 bits per heavy atom. The van der Waals surface area contributed by atoms with Gasteiger partial charge in [0.1, 0.15) is 6.54 Å². The molecule has 1 atom stereocenters. The number of nitrogens with zero attached hydrogens (tertiary/aromatic N) is 2. The molecule has 2 aromatic rings. The van der Waals surface area contributed by atoms with Gasteiger partial charge >= 0.3 is 5.69 Å². The fourth-order valence-corrected chi connectivity index (χ4v) is 4.65. The molecule has 3 heterocycles. The van der Waals surface area contributed by atoms with E-state index in [1.807, 2.05) is 16.3 Å². The van der Waals surface area contributed by atoms with Crippen molar-refractivity contribution in [2.45, 2.75) is 38.4 Å². The normalized spacial score (nSPS) is 20.1. The molecular weight excluding hydrogens is 388 g/mol.